The maximum Gasteiger partial charge on any atom is 0.257 e. The van der Waals surface area contributed by atoms with E-state index in [1.54, 1.807) is 42.7 Å². The second-order valence-electron chi connectivity index (χ2n) is 3.66. The van der Waals surface area contributed by atoms with Crippen LogP contribution in [-0.2, 0) is 4.79 Å². The third-order valence-electron chi connectivity index (χ3n) is 2.39. The molecule has 1 unspecified atom stereocenters. The molecule has 18 heavy (non-hydrogen) atoms. The molecule has 0 radical (unpaired) electrons. The zero-order valence-electron chi connectivity index (χ0n) is 9.38. The van der Waals surface area contributed by atoms with Crippen molar-refractivity contribution >= 4 is 27.5 Å². The van der Waals surface area contributed by atoms with Gasteiger partial charge in [-0.05, 0) is 27.6 Å². The number of hydrogen-bond donors (Lipinski definition) is 2. The first-order chi connectivity index (χ1) is 8.68. The van der Waals surface area contributed by atoms with Crippen molar-refractivity contribution in [1.29, 1.82) is 0 Å². The Balaban J connectivity index is 2.12. The molecule has 2 aromatic rings. The summed E-state index contributed by atoms with van der Waals surface area (Å²) in [5, 5.41) is 12.5. The number of rotatable bonds is 3. The van der Waals surface area contributed by atoms with Gasteiger partial charge in [0.15, 0.2) is 6.10 Å². The van der Waals surface area contributed by atoms with Gasteiger partial charge in [0.05, 0.1) is 10.2 Å². The van der Waals surface area contributed by atoms with E-state index in [1.807, 2.05) is 6.07 Å². The Morgan fingerprint density at radius 2 is 2.00 bits per heavy atom. The maximum absolute atomic E-state index is 11.9. The van der Waals surface area contributed by atoms with Gasteiger partial charge in [-0.2, -0.15) is 0 Å². The van der Waals surface area contributed by atoms with Crippen LogP contribution in [0, 0.1) is 0 Å². The van der Waals surface area contributed by atoms with Crippen LogP contribution >= 0.6 is 15.9 Å². The van der Waals surface area contributed by atoms with Crippen LogP contribution in [0.3, 0.4) is 0 Å². The van der Waals surface area contributed by atoms with E-state index >= 15 is 0 Å². The Labute approximate surface area is 113 Å². The molecule has 0 saturated heterocycles. The second-order valence-corrected chi connectivity index (χ2v) is 4.51. The lowest BCUT2D eigenvalue weighted by Crippen LogP contribution is -2.20. The number of aliphatic hydroxyl groups excluding tert-OH is 1. The van der Waals surface area contributed by atoms with Gasteiger partial charge in [-0.3, -0.25) is 9.78 Å². The van der Waals surface area contributed by atoms with E-state index in [2.05, 4.69) is 26.2 Å². The third kappa shape index (κ3) is 2.94. The average molecular weight is 307 g/mol. The summed E-state index contributed by atoms with van der Waals surface area (Å²) < 4.78 is 0.665. The molecule has 92 valence electrons. The lowest BCUT2D eigenvalue weighted by molar-refractivity contribution is -0.124. The number of nitrogens with one attached hydrogen (secondary N) is 1. The van der Waals surface area contributed by atoms with Gasteiger partial charge in [0.2, 0.25) is 0 Å². The fourth-order valence-electron chi connectivity index (χ4n) is 1.46. The monoisotopic (exact) mass is 306 g/mol. The zero-order chi connectivity index (χ0) is 13.0. The molecule has 2 N–H and O–H groups in total. The fourth-order valence-corrected chi connectivity index (χ4v) is 1.81. The molecule has 0 aliphatic heterocycles. The molecule has 0 saturated carbocycles. The van der Waals surface area contributed by atoms with Gasteiger partial charge in [-0.25, -0.2) is 0 Å². The van der Waals surface area contributed by atoms with Gasteiger partial charge >= 0.3 is 0 Å². The molecule has 0 aliphatic carbocycles. The molecule has 0 fully saturated rings. The number of anilines is 1. The predicted molar refractivity (Wildman–Crippen MR) is 72.0 cm³/mol. The van der Waals surface area contributed by atoms with Crippen molar-refractivity contribution in [2.75, 3.05) is 5.32 Å². The van der Waals surface area contributed by atoms with Crippen LogP contribution in [0.1, 0.15) is 11.7 Å². The van der Waals surface area contributed by atoms with E-state index in [4.69, 9.17) is 0 Å². The quantitative estimate of drug-likeness (QED) is 0.916. The fraction of sp³-hybridized carbons (Fsp3) is 0.0769. The number of nitrogens with zero attached hydrogens (tertiary/aromatic N) is 1. The number of carbonyl (C=O) groups excluding carboxylic acids is 1. The lowest BCUT2D eigenvalue weighted by atomic mass is 10.1. The predicted octanol–water partition coefficient (Wildman–Crippen LogP) is 2.52. The normalized spacial score (nSPS) is 11.9. The topological polar surface area (TPSA) is 62.2 Å². The Kier molecular flexibility index (Phi) is 4.07. The lowest BCUT2D eigenvalue weighted by Gasteiger charge is -2.12. The van der Waals surface area contributed by atoms with Crippen LogP contribution in [0.2, 0.25) is 0 Å². The van der Waals surface area contributed by atoms with Crippen molar-refractivity contribution in [3.8, 4) is 0 Å². The Morgan fingerprint density at radius 1 is 1.28 bits per heavy atom. The van der Waals surface area contributed by atoms with Crippen molar-refractivity contribution < 1.29 is 9.90 Å². The minimum Gasteiger partial charge on any atom is -0.378 e. The molecule has 5 heteroatoms. The smallest absolute Gasteiger partial charge is 0.257 e. The summed E-state index contributed by atoms with van der Waals surface area (Å²) in [6.45, 7) is 0. The molecular weight excluding hydrogens is 296 g/mol. The molecule has 0 bridgehead atoms. The van der Waals surface area contributed by atoms with Gasteiger partial charge in [-0.1, -0.05) is 30.3 Å². The molecule has 0 spiro atoms. The Hall–Kier alpha value is -1.72. The molecule has 2 rings (SSSR count). The summed E-state index contributed by atoms with van der Waals surface area (Å²) in [5.41, 5.74) is 1.13. The Morgan fingerprint density at radius 3 is 2.67 bits per heavy atom. The SMILES string of the molecule is O=C(Nc1ccncc1Br)C(O)c1ccccc1. The first kappa shape index (κ1) is 12.7. The number of aromatic nitrogens is 1. The second kappa shape index (κ2) is 5.75. The van der Waals surface area contributed by atoms with Crippen LogP contribution in [0.4, 0.5) is 5.69 Å². The molecule has 4 nitrogen and oxygen atoms in total. The molecule has 0 aliphatic rings. The summed E-state index contributed by atoms with van der Waals surface area (Å²) in [6.07, 6.45) is 1.95. The Bertz CT molecular complexity index is 546. The van der Waals surface area contributed by atoms with Gasteiger partial charge < -0.3 is 10.4 Å². The molecule has 1 atom stereocenters. The first-order valence-electron chi connectivity index (χ1n) is 5.32. The van der Waals surface area contributed by atoms with Gasteiger partial charge in [0.25, 0.3) is 5.91 Å². The highest BCUT2D eigenvalue weighted by Crippen LogP contribution is 2.22. The van der Waals surface area contributed by atoms with Crippen LogP contribution in [0.5, 0.6) is 0 Å². The molecular formula is C13H11BrN2O2. The summed E-state index contributed by atoms with van der Waals surface area (Å²) >= 11 is 3.27. The number of hydrogen-bond acceptors (Lipinski definition) is 3. The summed E-state index contributed by atoms with van der Waals surface area (Å²) in [7, 11) is 0. The van der Waals surface area contributed by atoms with Crippen LogP contribution in [0.15, 0.2) is 53.3 Å². The average Bonchev–Trinajstić information content (AvgIpc) is 2.41. The number of aliphatic hydroxyl groups is 1. The van der Waals surface area contributed by atoms with Crippen molar-refractivity contribution in [2.24, 2.45) is 0 Å². The highest BCUT2D eigenvalue weighted by molar-refractivity contribution is 9.10. The van der Waals surface area contributed by atoms with E-state index in [-0.39, 0.29) is 0 Å². The highest BCUT2D eigenvalue weighted by atomic mass is 79.9. The summed E-state index contributed by atoms with van der Waals surface area (Å²) in [4.78, 5) is 15.8. The van der Waals surface area contributed by atoms with E-state index in [1.165, 1.54) is 0 Å². The molecule has 1 amide bonds. The molecule has 1 aromatic carbocycles. The van der Waals surface area contributed by atoms with Crippen molar-refractivity contribution in [1.82, 2.24) is 4.98 Å². The van der Waals surface area contributed by atoms with Crippen molar-refractivity contribution in [3.05, 3.63) is 58.8 Å². The number of benzene rings is 1. The minimum atomic E-state index is -1.19. The van der Waals surface area contributed by atoms with Crippen LogP contribution in [0.25, 0.3) is 0 Å². The van der Waals surface area contributed by atoms with E-state index in [0.717, 1.165) is 0 Å². The molecule has 1 heterocycles. The van der Waals surface area contributed by atoms with E-state index in [0.29, 0.717) is 15.7 Å². The van der Waals surface area contributed by atoms with E-state index < -0.39 is 12.0 Å². The third-order valence-corrected chi connectivity index (χ3v) is 3.03. The summed E-state index contributed by atoms with van der Waals surface area (Å²) in [5.74, 6) is -0.479. The van der Waals surface area contributed by atoms with E-state index in [9.17, 15) is 9.90 Å². The zero-order valence-corrected chi connectivity index (χ0v) is 11.0. The highest BCUT2D eigenvalue weighted by Gasteiger charge is 2.17. The van der Waals surface area contributed by atoms with Gasteiger partial charge in [0.1, 0.15) is 0 Å². The van der Waals surface area contributed by atoms with Gasteiger partial charge in [-0.15, -0.1) is 0 Å². The number of carbonyl (C=O) groups is 1. The number of amides is 1. The first-order valence-corrected chi connectivity index (χ1v) is 6.11. The number of pyridine rings is 1. The summed E-state index contributed by atoms with van der Waals surface area (Å²) in [6, 6.07) is 10.4. The maximum atomic E-state index is 11.9. The minimum absolute atomic E-state index is 0.479. The van der Waals surface area contributed by atoms with Crippen LogP contribution in [-0.4, -0.2) is 16.0 Å². The van der Waals surface area contributed by atoms with Gasteiger partial charge in [0, 0.05) is 12.4 Å². The number of halogens is 1. The van der Waals surface area contributed by atoms with Crippen molar-refractivity contribution in [3.63, 3.8) is 0 Å². The van der Waals surface area contributed by atoms with Crippen molar-refractivity contribution in [2.45, 2.75) is 6.10 Å². The standard InChI is InChI=1S/C13H11BrN2O2/c14-10-8-15-7-6-11(10)16-13(18)12(17)9-4-2-1-3-5-9/h1-8,12,17H,(H,15,16,18). The molecule has 1 aromatic heterocycles. The largest absolute Gasteiger partial charge is 0.378 e. The van der Waals surface area contributed by atoms with Crippen LogP contribution < -0.4 is 5.32 Å².